The molecule has 0 saturated heterocycles. The van der Waals surface area contributed by atoms with Crippen molar-refractivity contribution in [2.75, 3.05) is 11.9 Å². The topological polar surface area (TPSA) is 74.7 Å². The molecule has 0 radical (unpaired) electrons. The predicted molar refractivity (Wildman–Crippen MR) is 80.0 cm³/mol. The maximum Gasteiger partial charge on any atom is 0.174 e. The van der Waals surface area contributed by atoms with Gasteiger partial charge >= 0.3 is 0 Å². The summed E-state index contributed by atoms with van der Waals surface area (Å²) in [6.07, 6.45) is 1.64. The van der Waals surface area contributed by atoms with Crippen LogP contribution in [-0.4, -0.2) is 23.1 Å². The van der Waals surface area contributed by atoms with Crippen molar-refractivity contribution in [2.24, 2.45) is 10.9 Å². The van der Waals surface area contributed by atoms with E-state index in [1.165, 1.54) is 6.07 Å². The molecule has 0 fully saturated rings. The van der Waals surface area contributed by atoms with Gasteiger partial charge in [-0.1, -0.05) is 23.4 Å². The largest absolute Gasteiger partial charge is 0.409 e. The standard InChI is InChI=1S/C15H17FN4O/c1-10-7-8-18-15(13(10)14(17)19-21)20(2)9-11-5-3-4-6-12(11)16/h3-8,21H,9H2,1-2H3,(H2,17,19). The number of aromatic nitrogens is 1. The van der Waals surface area contributed by atoms with Gasteiger partial charge in [-0.15, -0.1) is 0 Å². The molecule has 0 bridgehead atoms. The monoisotopic (exact) mass is 288 g/mol. The van der Waals surface area contributed by atoms with Crippen LogP contribution in [0, 0.1) is 12.7 Å². The second kappa shape index (κ2) is 6.21. The number of hydrogen-bond donors (Lipinski definition) is 2. The van der Waals surface area contributed by atoms with Gasteiger partial charge in [-0.25, -0.2) is 9.37 Å². The van der Waals surface area contributed by atoms with Crippen molar-refractivity contribution in [2.45, 2.75) is 13.5 Å². The molecule has 0 saturated carbocycles. The van der Waals surface area contributed by atoms with Crippen LogP contribution in [0.1, 0.15) is 16.7 Å². The van der Waals surface area contributed by atoms with E-state index in [9.17, 15) is 4.39 Å². The van der Waals surface area contributed by atoms with Gasteiger partial charge in [0.25, 0.3) is 0 Å². The highest BCUT2D eigenvalue weighted by molar-refractivity contribution is 6.02. The lowest BCUT2D eigenvalue weighted by Gasteiger charge is -2.22. The second-order valence-corrected chi connectivity index (χ2v) is 4.76. The summed E-state index contributed by atoms with van der Waals surface area (Å²) in [6.45, 7) is 2.17. The Balaban J connectivity index is 2.38. The molecule has 0 unspecified atom stereocenters. The van der Waals surface area contributed by atoms with Crippen molar-refractivity contribution < 1.29 is 9.60 Å². The molecule has 21 heavy (non-hydrogen) atoms. The van der Waals surface area contributed by atoms with Crippen molar-refractivity contribution in [3.05, 3.63) is 59.0 Å². The van der Waals surface area contributed by atoms with Crippen LogP contribution < -0.4 is 10.6 Å². The van der Waals surface area contributed by atoms with Crippen molar-refractivity contribution in [3.8, 4) is 0 Å². The van der Waals surface area contributed by atoms with Crippen LogP contribution in [0.2, 0.25) is 0 Å². The van der Waals surface area contributed by atoms with E-state index in [1.807, 2.05) is 6.92 Å². The van der Waals surface area contributed by atoms with Crippen molar-refractivity contribution >= 4 is 11.7 Å². The maximum atomic E-state index is 13.7. The highest BCUT2D eigenvalue weighted by Gasteiger charge is 2.16. The van der Waals surface area contributed by atoms with Gasteiger partial charge in [0.1, 0.15) is 11.6 Å². The van der Waals surface area contributed by atoms with Crippen molar-refractivity contribution in [1.29, 1.82) is 0 Å². The van der Waals surface area contributed by atoms with E-state index < -0.39 is 0 Å². The molecule has 0 aliphatic carbocycles. The molecule has 0 amide bonds. The number of aryl methyl sites for hydroxylation is 1. The summed E-state index contributed by atoms with van der Waals surface area (Å²) >= 11 is 0. The Morgan fingerprint density at radius 1 is 1.38 bits per heavy atom. The first-order chi connectivity index (χ1) is 10.0. The zero-order valence-corrected chi connectivity index (χ0v) is 11.9. The minimum Gasteiger partial charge on any atom is -0.409 e. The molecule has 5 nitrogen and oxygen atoms in total. The Bertz CT molecular complexity index is 672. The number of nitrogens with two attached hydrogens (primary N) is 1. The van der Waals surface area contributed by atoms with Gasteiger partial charge in [0, 0.05) is 25.4 Å². The van der Waals surface area contributed by atoms with E-state index in [0.717, 1.165) is 5.56 Å². The third-order valence-corrected chi connectivity index (χ3v) is 3.23. The van der Waals surface area contributed by atoms with Crippen LogP contribution in [0.15, 0.2) is 41.7 Å². The molecule has 0 aliphatic heterocycles. The van der Waals surface area contributed by atoms with Crippen LogP contribution in [0.3, 0.4) is 0 Å². The highest BCUT2D eigenvalue weighted by atomic mass is 19.1. The number of nitrogens with zero attached hydrogens (tertiary/aromatic N) is 3. The van der Waals surface area contributed by atoms with Crippen molar-refractivity contribution in [1.82, 2.24) is 4.98 Å². The summed E-state index contributed by atoms with van der Waals surface area (Å²) in [7, 11) is 1.78. The van der Waals surface area contributed by atoms with E-state index in [2.05, 4.69) is 10.1 Å². The SMILES string of the molecule is Cc1ccnc(N(C)Cc2ccccc2F)c1/C(N)=N/O. The summed E-state index contributed by atoms with van der Waals surface area (Å²) in [5.74, 6) is 0.242. The number of anilines is 1. The molecule has 1 aromatic carbocycles. The van der Waals surface area contributed by atoms with Gasteiger partial charge in [-0.05, 0) is 24.6 Å². The molecule has 3 N–H and O–H groups in total. The number of oxime groups is 1. The van der Waals surface area contributed by atoms with E-state index in [4.69, 9.17) is 10.9 Å². The second-order valence-electron chi connectivity index (χ2n) is 4.76. The first kappa shape index (κ1) is 14.8. The fraction of sp³-hybridized carbons (Fsp3) is 0.200. The molecule has 110 valence electrons. The van der Waals surface area contributed by atoms with E-state index in [1.54, 1.807) is 42.4 Å². The van der Waals surface area contributed by atoms with Crippen LogP contribution in [0.5, 0.6) is 0 Å². The molecule has 0 spiro atoms. The fourth-order valence-corrected chi connectivity index (χ4v) is 2.16. The molecule has 0 aliphatic rings. The molecular weight excluding hydrogens is 271 g/mol. The first-order valence-electron chi connectivity index (χ1n) is 6.42. The normalized spacial score (nSPS) is 11.5. The van der Waals surface area contributed by atoms with Crippen molar-refractivity contribution in [3.63, 3.8) is 0 Å². The quantitative estimate of drug-likeness (QED) is 0.392. The van der Waals surface area contributed by atoms with Crippen LogP contribution in [-0.2, 0) is 6.54 Å². The van der Waals surface area contributed by atoms with Crippen LogP contribution in [0.4, 0.5) is 10.2 Å². The molecular formula is C15H17FN4O. The Kier molecular flexibility index (Phi) is 4.37. The third-order valence-electron chi connectivity index (χ3n) is 3.23. The summed E-state index contributed by atoms with van der Waals surface area (Å²) in [5.41, 5.74) is 7.64. The van der Waals surface area contributed by atoms with Gasteiger partial charge in [0.15, 0.2) is 5.84 Å². The average molecular weight is 288 g/mol. The van der Waals surface area contributed by atoms with Gasteiger partial charge < -0.3 is 15.8 Å². The molecule has 2 aromatic rings. The summed E-state index contributed by atoms with van der Waals surface area (Å²) in [6, 6.07) is 8.32. The smallest absolute Gasteiger partial charge is 0.174 e. The predicted octanol–water partition coefficient (Wildman–Crippen LogP) is 2.26. The molecule has 1 aromatic heterocycles. The van der Waals surface area contributed by atoms with Crippen LogP contribution >= 0.6 is 0 Å². The Morgan fingerprint density at radius 3 is 2.76 bits per heavy atom. The summed E-state index contributed by atoms with van der Waals surface area (Å²) in [4.78, 5) is 6.03. The zero-order valence-electron chi connectivity index (χ0n) is 11.9. The minimum atomic E-state index is -0.276. The number of benzene rings is 1. The molecule has 2 rings (SSSR count). The minimum absolute atomic E-state index is 0.0176. The molecule has 0 atom stereocenters. The number of pyridine rings is 1. The maximum absolute atomic E-state index is 13.7. The fourth-order valence-electron chi connectivity index (χ4n) is 2.16. The lowest BCUT2D eigenvalue weighted by molar-refractivity contribution is 0.318. The van der Waals surface area contributed by atoms with E-state index in [0.29, 0.717) is 23.5 Å². The number of hydrogen-bond acceptors (Lipinski definition) is 4. The zero-order chi connectivity index (χ0) is 15.4. The average Bonchev–Trinajstić information content (AvgIpc) is 2.48. The lowest BCUT2D eigenvalue weighted by atomic mass is 10.1. The third kappa shape index (κ3) is 3.10. The summed E-state index contributed by atoms with van der Waals surface area (Å²) < 4.78 is 13.7. The number of halogens is 1. The van der Waals surface area contributed by atoms with Gasteiger partial charge in [0.05, 0.1) is 5.56 Å². The number of rotatable bonds is 4. The first-order valence-corrected chi connectivity index (χ1v) is 6.42. The molecule has 6 heteroatoms. The Hall–Kier alpha value is -2.63. The molecule has 1 heterocycles. The summed E-state index contributed by atoms with van der Waals surface area (Å²) in [5, 5.41) is 12.0. The van der Waals surface area contributed by atoms with Gasteiger partial charge in [-0.2, -0.15) is 0 Å². The number of amidine groups is 1. The van der Waals surface area contributed by atoms with E-state index >= 15 is 0 Å². The van der Waals surface area contributed by atoms with Gasteiger partial charge in [0.2, 0.25) is 0 Å². The van der Waals surface area contributed by atoms with E-state index in [-0.39, 0.29) is 11.7 Å². The Labute approximate surface area is 122 Å². The lowest BCUT2D eigenvalue weighted by Crippen LogP contribution is -2.25. The highest BCUT2D eigenvalue weighted by Crippen LogP contribution is 2.22. The van der Waals surface area contributed by atoms with Crippen LogP contribution in [0.25, 0.3) is 0 Å². The Morgan fingerprint density at radius 2 is 2.10 bits per heavy atom. The van der Waals surface area contributed by atoms with Gasteiger partial charge in [-0.3, -0.25) is 0 Å².